The van der Waals surface area contributed by atoms with Gasteiger partial charge in [-0.15, -0.1) is 11.8 Å². The summed E-state index contributed by atoms with van der Waals surface area (Å²) >= 11 is 5.14. The van der Waals surface area contributed by atoms with E-state index in [9.17, 15) is 4.79 Å². The van der Waals surface area contributed by atoms with Crippen molar-refractivity contribution in [3.63, 3.8) is 0 Å². The highest BCUT2D eigenvalue weighted by atomic mass is 32.2. The monoisotopic (exact) mass is 460 g/mol. The molecule has 1 amide bonds. The molecular weight excluding hydrogens is 432 g/mol. The summed E-state index contributed by atoms with van der Waals surface area (Å²) in [6.45, 7) is 5.55. The topological polar surface area (TPSA) is 43.6 Å². The predicted molar refractivity (Wildman–Crippen MR) is 131 cm³/mol. The van der Waals surface area contributed by atoms with Gasteiger partial charge in [0.2, 0.25) is 5.91 Å². The molecule has 7 heteroatoms. The Morgan fingerprint density at radius 3 is 2.70 bits per heavy atom. The van der Waals surface area contributed by atoms with Crippen molar-refractivity contribution in [1.29, 1.82) is 0 Å². The van der Waals surface area contributed by atoms with Crippen LogP contribution in [-0.4, -0.2) is 34.8 Å². The molecule has 0 aliphatic carbocycles. The molecule has 0 aliphatic heterocycles. The lowest BCUT2D eigenvalue weighted by Gasteiger charge is -2.05. The smallest absolute Gasteiger partial charge is 0.248 e. The number of carbonyl (C=O) groups is 1. The summed E-state index contributed by atoms with van der Waals surface area (Å²) in [5.41, 5.74) is 2.37. The molecule has 1 heterocycles. The standard InChI is InChI=1S/C23H28N2O2S3/c1-4-27-18-9-12-20-21(16-18)30-23(25(20)13-15-28-3)24-22(26)6-5-14-29-19-10-7-17(2)8-11-19/h7-12,16H,4-6,13-15H2,1-3H3. The third-order valence-electron chi connectivity index (χ3n) is 4.53. The molecule has 30 heavy (non-hydrogen) atoms. The van der Waals surface area contributed by atoms with E-state index in [1.807, 2.05) is 19.1 Å². The first-order valence-electron chi connectivity index (χ1n) is 10.1. The third-order valence-corrected chi connectivity index (χ3v) is 7.26. The lowest BCUT2D eigenvalue weighted by molar-refractivity contribution is -0.118. The lowest BCUT2D eigenvalue weighted by Crippen LogP contribution is -2.18. The molecule has 0 saturated carbocycles. The molecule has 0 fully saturated rings. The third kappa shape index (κ3) is 6.40. The molecule has 0 atom stereocenters. The summed E-state index contributed by atoms with van der Waals surface area (Å²) in [6, 6.07) is 14.6. The average Bonchev–Trinajstić information content (AvgIpc) is 3.07. The number of rotatable bonds is 10. The summed E-state index contributed by atoms with van der Waals surface area (Å²) < 4.78 is 8.89. The highest BCUT2D eigenvalue weighted by molar-refractivity contribution is 7.99. The molecule has 0 spiro atoms. The predicted octanol–water partition coefficient (Wildman–Crippen LogP) is 5.77. The fourth-order valence-electron chi connectivity index (χ4n) is 3.00. The van der Waals surface area contributed by atoms with Gasteiger partial charge in [-0.3, -0.25) is 4.79 Å². The molecule has 3 rings (SSSR count). The van der Waals surface area contributed by atoms with Crippen molar-refractivity contribution >= 4 is 51.0 Å². The molecule has 4 nitrogen and oxygen atoms in total. The molecule has 0 saturated heterocycles. The first-order chi connectivity index (χ1) is 14.6. The summed E-state index contributed by atoms with van der Waals surface area (Å²) in [6.07, 6.45) is 3.39. The average molecular weight is 461 g/mol. The SMILES string of the molecule is CCOc1ccc2c(c1)sc(=NC(=O)CCCSc1ccc(C)cc1)n2CCSC. The summed E-state index contributed by atoms with van der Waals surface area (Å²) in [5.74, 6) is 2.71. The van der Waals surface area contributed by atoms with E-state index in [-0.39, 0.29) is 5.91 Å². The van der Waals surface area contributed by atoms with Crippen LogP contribution in [0.2, 0.25) is 0 Å². The Bertz CT molecular complexity index is 1040. The van der Waals surface area contributed by atoms with Gasteiger partial charge >= 0.3 is 0 Å². The van der Waals surface area contributed by atoms with Gasteiger partial charge in [-0.2, -0.15) is 16.8 Å². The molecule has 160 valence electrons. The van der Waals surface area contributed by atoms with Crippen molar-refractivity contribution in [2.24, 2.45) is 4.99 Å². The van der Waals surface area contributed by atoms with E-state index in [0.29, 0.717) is 13.0 Å². The van der Waals surface area contributed by atoms with Crippen LogP contribution in [0.15, 0.2) is 52.4 Å². The maximum absolute atomic E-state index is 12.5. The minimum absolute atomic E-state index is 0.0472. The summed E-state index contributed by atoms with van der Waals surface area (Å²) in [4.78, 5) is 19.0. The van der Waals surface area contributed by atoms with Gasteiger partial charge in [-0.05, 0) is 62.6 Å². The molecule has 0 N–H and O–H groups in total. The van der Waals surface area contributed by atoms with Crippen molar-refractivity contribution < 1.29 is 9.53 Å². The van der Waals surface area contributed by atoms with Crippen molar-refractivity contribution in [1.82, 2.24) is 4.57 Å². The van der Waals surface area contributed by atoms with Gasteiger partial charge in [-0.1, -0.05) is 29.0 Å². The molecule has 0 bridgehead atoms. The van der Waals surface area contributed by atoms with Crippen LogP contribution in [0, 0.1) is 6.92 Å². The van der Waals surface area contributed by atoms with Gasteiger partial charge in [0.25, 0.3) is 0 Å². The number of thiazole rings is 1. The highest BCUT2D eigenvalue weighted by Gasteiger charge is 2.09. The van der Waals surface area contributed by atoms with Crippen molar-refractivity contribution in [3.8, 4) is 5.75 Å². The van der Waals surface area contributed by atoms with Gasteiger partial charge in [0, 0.05) is 23.6 Å². The Kier molecular flexibility index (Phi) is 8.90. The van der Waals surface area contributed by atoms with Gasteiger partial charge < -0.3 is 9.30 Å². The number of nitrogens with zero attached hydrogens (tertiary/aromatic N) is 2. The highest BCUT2D eigenvalue weighted by Crippen LogP contribution is 2.24. The first kappa shape index (κ1) is 23.0. The van der Waals surface area contributed by atoms with E-state index in [2.05, 4.69) is 53.1 Å². The molecule has 0 radical (unpaired) electrons. The van der Waals surface area contributed by atoms with Crippen molar-refractivity contribution in [2.75, 3.05) is 24.4 Å². The van der Waals surface area contributed by atoms with Crippen LogP contribution in [0.25, 0.3) is 10.2 Å². The number of aromatic nitrogens is 1. The molecule has 3 aromatic rings. The lowest BCUT2D eigenvalue weighted by atomic mass is 10.2. The van der Waals surface area contributed by atoms with Gasteiger partial charge in [0.05, 0.1) is 16.8 Å². The van der Waals surface area contributed by atoms with Gasteiger partial charge in [-0.25, -0.2) is 0 Å². The zero-order valence-electron chi connectivity index (χ0n) is 17.7. The maximum atomic E-state index is 12.5. The number of ether oxygens (including phenoxy) is 1. The summed E-state index contributed by atoms with van der Waals surface area (Å²) in [7, 11) is 0. The number of hydrogen-bond acceptors (Lipinski definition) is 5. The van der Waals surface area contributed by atoms with E-state index in [1.165, 1.54) is 10.5 Å². The Hall–Kier alpha value is -1.70. The zero-order chi connectivity index (χ0) is 21.3. The molecule has 1 aromatic heterocycles. The van der Waals surface area contributed by atoms with Gasteiger partial charge in [0.15, 0.2) is 4.80 Å². The fraction of sp³-hybridized carbons (Fsp3) is 0.391. The number of carbonyl (C=O) groups excluding carboxylic acids is 1. The van der Waals surface area contributed by atoms with Crippen LogP contribution in [0.5, 0.6) is 5.75 Å². The Balaban J connectivity index is 1.69. The van der Waals surface area contributed by atoms with Gasteiger partial charge in [0.1, 0.15) is 5.75 Å². The minimum atomic E-state index is -0.0472. The van der Waals surface area contributed by atoms with Crippen LogP contribution in [0.4, 0.5) is 0 Å². The van der Waals surface area contributed by atoms with E-state index < -0.39 is 0 Å². The largest absolute Gasteiger partial charge is 0.494 e. The van der Waals surface area contributed by atoms with E-state index in [4.69, 9.17) is 4.74 Å². The first-order valence-corrected chi connectivity index (χ1v) is 13.3. The van der Waals surface area contributed by atoms with Crippen LogP contribution in [0.3, 0.4) is 0 Å². The molecule has 0 aliphatic rings. The maximum Gasteiger partial charge on any atom is 0.248 e. The van der Waals surface area contributed by atoms with Crippen LogP contribution in [0.1, 0.15) is 25.3 Å². The van der Waals surface area contributed by atoms with Crippen molar-refractivity contribution in [3.05, 3.63) is 52.8 Å². The van der Waals surface area contributed by atoms with Crippen LogP contribution < -0.4 is 9.54 Å². The number of thioether (sulfide) groups is 2. The zero-order valence-corrected chi connectivity index (χ0v) is 20.2. The molecule has 0 unspecified atom stereocenters. The van der Waals surface area contributed by atoms with E-state index in [0.717, 1.165) is 45.2 Å². The second-order valence-corrected chi connectivity index (χ2v) is 10.0. The van der Waals surface area contributed by atoms with E-state index >= 15 is 0 Å². The Morgan fingerprint density at radius 1 is 1.17 bits per heavy atom. The molecular formula is C23H28N2O2S3. The number of aryl methyl sites for hydroxylation is 2. The number of benzene rings is 2. The van der Waals surface area contributed by atoms with E-state index in [1.54, 1.807) is 34.9 Å². The quantitative estimate of drug-likeness (QED) is 0.284. The Morgan fingerprint density at radius 2 is 1.97 bits per heavy atom. The van der Waals surface area contributed by atoms with Crippen LogP contribution in [-0.2, 0) is 11.3 Å². The fourth-order valence-corrected chi connectivity index (χ4v) is 5.32. The number of hydrogen-bond donors (Lipinski definition) is 0. The molecule has 2 aromatic carbocycles. The number of amides is 1. The van der Waals surface area contributed by atoms with Crippen molar-refractivity contribution in [2.45, 2.75) is 38.1 Å². The second kappa shape index (κ2) is 11.6. The second-order valence-electron chi connectivity index (χ2n) is 6.86. The Labute approximate surface area is 190 Å². The summed E-state index contributed by atoms with van der Waals surface area (Å²) in [5, 5.41) is 0. The minimum Gasteiger partial charge on any atom is -0.494 e. The number of fused-ring (bicyclic) bond motifs is 1. The normalized spacial score (nSPS) is 11.9. The van der Waals surface area contributed by atoms with Crippen LogP contribution >= 0.6 is 34.9 Å².